The van der Waals surface area contributed by atoms with Gasteiger partial charge in [0.15, 0.2) is 17.5 Å². The fourth-order valence-electron chi connectivity index (χ4n) is 2.01. The van der Waals surface area contributed by atoms with Crippen LogP contribution in [0.2, 0.25) is 0 Å². The van der Waals surface area contributed by atoms with Crippen molar-refractivity contribution >= 4 is 11.0 Å². The average molecular weight is 254 g/mol. The molecule has 1 heterocycles. The zero-order valence-corrected chi connectivity index (χ0v) is 10.4. The van der Waals surface area contributed by atoms with Crippen LogP contribution in [-0.4, -0.2) is 7.11 Å². The summed E-state index contributed by atoms with van der Waals surface area (Å²) in [7, 11) is 1.57. The molecule has 0 amide bonds. The largest absolute Gasteiger partial charge is 0.608 e. The van der Waals surface area contributed by atoms with Gasteiger partial charge in [-0.2, -0.15) is 4.79 Å². The lowest BCUT2D eigenvalue weighted by molar-refractivity contribution is -0.623. The molecule has 3 rings (SSSR count). The number of rotatable bonds is 2. The summed E-state index contributed by atoms with van der Waals surface area (Å²) < 4.78 is 12.0. The third-order valence-electron chi connectivity index (χ3n) is 2.93. The van der Waals surface area contributed by atoms with E-state index < -0.39 is 5.76 Å². The number of ether oxygens (including phenoxy) is 1. The second-order valence-corrected chi connectivity index (χ2v) is 4.08. The molecule has 0 unspecified atom stereocenters. The lowest BCUT2D eigenvalue weighted by Crippen LogP contribution is -2.46. The summed E-state index contributed by atoms with van der Waals surface area (Å²) in [5.41, 5.74) is 1.23. The van der Waals surface area contributed by atoms with Crippen LogP contribution < -0.4 is 15.1 Å². The second-order valence-electron chi connectivity index (χ2n) is 4.08. The van der Waals surface area contributed by atoms with Crippen molar-refractivity contribution in [3.63, 3.8) is 0 Å². The zero-order valence-electron chi connectivity index (χ0n) is 10.4. The van der Waals surface area contributed by atoms with Gasteiger partial charge in [-0.15, -0.1) is 0 Å². The Labute approximate surface area is 109 Å². The predicted molar refractivity (Wildman–Crippen MR) is 70.6 cm³/mol. The van der Waals surface area contributed by atoms with E-state index in [2.05, 4.69) is 0 Å². The Bertz CT molecular complexity index is 792. The maximum Gasteiger partial charge on any atom is 0.608 e. The predicted octanol–water partition coefficient (Wildman–Crippen LogP) is 2.08. The van der Waals surface area contributed by atoms with Crippen LogP contribution in [0.3, 0.4) is 0 Å². The monoisotopic (exact) mass is 254 g/mol. The summed E-state index contributed by atoms with van der Waals surface area (Å²) in [6.45, 7) is 0. The third-order valence-corrected chi connectivity index (χ3v) is 2.93. The van der Waals surface area contributed by atoms with Crippen LogP contribution in [-0.2, 0) is 0 Å². The summed E-state index contributed by atoms with van der Waals surface area (Å²) in [6, 6.07) is 14.7. The summed E-state index contributed by atoms with van der Waals surface area (Å²) in [6.07, 6.45) is 1.75. The number of fused-ring (bicyclic) bond motifs is 1. The van der Waals surface area contributed by atoms with Gasteiger partial charge in [0.1, 0.15) is 0 Å². The van der Waals surface area contributed by atoms with Gasteiger partial charge < -0.3 is 9.15 Å². The maximum atomic E-state index is 12.0. The molecular formula is C15H12NO3+. The molecule has 0 fully saturated rings. The van der Waals surface area contributed by atoms with Gasteiger partial charge >= 0.3 is 5.76 Å². The molecule has 0 N–H and O–H groups in total. The zero-order chi connectivity index (χ0) is 13.2. The lowest BCUT2D eigenvalue weighted by atomic mass is 10.2. The van der Waals surface area contributed by atoms with Crippen LogP contribution in [0.15, 0.2) is 63.9 Å². The number of hydrogen-bond acceptors (Lipinski definition) is 3. The highest BCUT2D eigenvalue weighted by Gasteiger charge is 2.19. The fourth-order valence-corrected chi connectivity index (χ4v) is 2.01. The number of methoxy groups -OCH3 is 1. The van der Waals surface area contributed by atoms with Crippen molar-refractivity contribution in [1.29, 1.82) is 0 Å². The topological polar surface area (TPSA) is 43.3 Å². The SMILES string of the molecule is COc1ccccc1-[n+]1cc2ccccc2oc1=O. The summed E-state index contributed by atoms with van der Waals surface area (Å²) in [5.74, 6) is 0.179. The Hall–Kier alpha value is -2.62. The van der Waals surface area contributed by atoms with E-state index in [0.717, 1.165) is 5.39 Å². The Morgan fingerprint density at radius 1 is 1.05 bits per heavy atom. The van der Waals surface area contributed by atoms with Crippen molar-refractivity contribution in [3.8, 4) is 11.4 Å². The van der Waals surface area contributed by atoms with E-state index in [0.29, 0.717) is 17.0 Å². The number of aromatic nitrogens is 1. The Kier molecular flexibility index (Phi) is 2.76. The molecule has 0 saturated carbocycles. The van der Waals surface area contributed by atoms with Gasteiger partial charge in [0.25, 0.3) is 5.69 Å². The van der Waals surface area contributed by atoms with Crippen molar-refractivity contribution in [2.24, 2.45) is 0 Å². The molecule has 94 valence electrons. The van der Waals surface area contributed by atoms with Crippen LogP contribution in [0.5, 0.6) is 5.75 Å². The van der Waals surface area contributed by atoms with Gasteiger partial charge in [0, 0.05) is 6.07 Å². The van der Waals surface area contributed by atoms with E-state index in [4.69, 9.17) is 9.15 Å². The van der Waals surface area contributed by atoms with Crippen LogP contribution in [0, 0.1) is 0 Å². The number of benzene rings is 2. The van der Waals surface area contributed by atoms with Crippen molar-refractivity contribution in [3.05, 3.63) is 65.3 Å². The van der Waals surface area contributed by atoms with Gasteiger partial charge in [-0.05, 0) is 18.2 Å². The first-order chi connectivity index (χ1) is 9.29. The van der Waals surface area contributed by atoms with Crippen LogP contribution in [0.1, 0.15) is 0 Å². The van der Waals surface area contributed by atoms with E-state index in [9.17, 15) is 4.79 Å². The Balaban J connectivity index is 2.30. The van der Waals surface area contributed by atoms with Crippen molar-refractivity contribution < 1.29 is 13.7 Å². The highest BCUT2D eigenvalue weighted by Crippen LogP contribution is 2.17. The van der Waals surface area contributed by atoms with Gasteiger partial charge in [0.2, 0.25) is 0 Å². The highest BCUT2D eigenvalue weighted by molar-refractivity contribution is 5.74. The minimum Gasteiger partial charge on any atom is -0.490 e. The van der Waals surface area contributed by atoms with E-state index in [1.54, 1.807) is 25.4 Å². The minimum atomic E-state index is -0.441. The van der Waals surface area contributed by atoms with Crippen molar-refractivity contribution in [2.75, 3.05) is 7.11 Å². The standard InChI is InChI=1S/C15H12NO3/c1-18-14-9-5-3-7-12(14)16-10-11-6-2-4-8-13(11)19-15(16)17/h2-10H,1H3/q+1. The Morgan fingerprint density at radius 3 is 2.63 bits per heavy atom. The normalized spacial score (nSPS) is 10.6. The third kappa shape index (κ3) is 1.97. The fraction of sp³-hybridized carbons (Fsp3) is 0.0667. The van der Waals surface area contributed by atoms with E-state index in [1.807, 2.05) is 36.4 Å². The molecule has 2 aromatic carbocycles. The molecule has 0 aliphatic carbocycles. The van der Waals surface area contributed by atoms with Crippen LogP contribution in [0.4, 0.5) is 0 Å². The van der Waals surface area contributed by atoms with Crippen molar-refractivity contribution in [1.82, 2.24) is 0 Å². The van der Waals surface area contributed by atoms with Crippen molar-refractivity contribution in [2.45, 2.75) is 0 Å². The Morgan fingerprint density at radius 2 is 1.79 bits per heavy atom. The molecule has 0 bridgehead atoms. The first kappa shape index (κ1) is 11.5. The quantitative estimate of drug-likeness (QED) is 0.658. The molecule has 4 heteroatoms. The molecule has 4 nitrogen and oxygen atoms in total. The molecule has 19 heavy (non-hydrogen) atoms. The average Bonchev–Trinajstić information content (AvgIpc) is 2.46. The molecule has 0 spiro atoms. The van der Waals surface area contributed by atoms with E-state index in [-0.39, 0.29) is 0 Å². The molecule has 0 aliphatic rings. The molecule has 0 atom stereocenters. The second kappa shape index (κ2) is 4.57. The van der Waals surface area contributed by atoms with Gasteiger partial charge in [-0.25, -0.2) is 0 Å². The number of hydrogen-bond donors (Lipinski definition) is 0. The molecular weight excluding hydrogens is 242 g/mol. The van der Waals surface area contributed by atoms with Crippen LogP contribution in [0.25, 0.3) is 16.7 Å². The lowest BCUT2D eigenvalue weighted by Gasteiger charge is -2.02. The molecule has 0 saturated heterocycles. The molecule has 0 radical (unpaired) electrons. The van der Waals surface area contributed by atoms with Gasteiger partial charge in [-0.3, -0.25) is 0 Å². The number of nitrogens with zero attached hydrogens (tertiary/aromatic N) is 1. The first-order valence-electron chi connectivity index (χ1n) is 5.87. The molecule has 3 aromatic rings. The number of para-hydroxylation sites is 3. The molecule has 0 aliphatic heterocycles. The van der Waals surface area contributed by atoms with Crippen LogP contribution >= 0.6 is 0 Å². The van der Waals surface area contributed by atoms with E-state index >= 15 is 0 Å². The van der Waals surface area contributed by atoms with Gasteiger partial charge in [0.05, 0.1) is 12.5 Å². The smallest absolute Gasteiger partial charge is 0.490 e. The highest BCUT2D eigenvalue weighted by atomic mass is 16.5. The van der Waals surface area contributed by atoms with Gasteiger partial charge in [-0.1, -0.05) is 28.8 Å². The minimum absolute atomic E-state index is 0.441. The molecule has 1 aromatic heterocycles. The summed E-state index contributed by atoms with van der Waals surface area (Å²) >= 11 is 0. The summed E-state index contributed by atoms with van der Waals surface area (Å²) in [4.78, 5) is 12.0. The van der Waals surface area contributed by atoms with E-state index in [1.165, 1.54) is 4.57 Å². The maximum absolute atomic E-state index is 12.0. The summed E-state index contributed by atoms with van der Waals surface area (Å²) in [5, 5.41) is 0.855. The first-order valence-corrected chi connectivity index (χ1v) is 5.87.